The van der Waals surface area contributed by atoms with E-state index in [0.717, 1.165) is 6.08 Å². The van der Waals surface area contributed by atoms with E-state index in [0.29, 0.717) is 0 Å². The van der Waals surface area contributed by atoms with Gasteiger partial charge in [0.2, 0.25) is 0 Å². The van der Waals surface area contributed by atoms with E-state index in [4.69, 9.17) is 0 Å². The van der Waals surface area contributed by atoms with Crippen molar-refractivity contribution in [2.75, 3.05) is 13.3 Å². The maximum absolute atomic E-state index is 12.1. The number of hydrogen-bond acceptors (Lipinski definition) is 1. The van der Waals surface area contributed by atoms with Gasteiger partial charge in [-0.15, -0.1) is 6.58 Å². The van der Waals surface area contributed by atoms with Crippen molar-refractivity contribution in [2.45, 2.75) is 12.0 Å². The number of rotatable bonds is 5. The lowest BCUT2D eigenvalue weighted by molar-refractivity contribution is -0.346. The van der Waals surface area contributed by atoms with Gasteiger partial charge in [0.05, 0.1) is 6.61 Å². The first-order chi connectivity index (χ1) is 5.37. The van der Waals surface area contributed by atoms with E-state index in [1.165, 1.54) is 0 Å². The highest BCUT2D eigenvalue weighted by molar-refractivity contribution is 4.77. The first kappa shape index (κ1) is 11.4. The third-order valence-electron chi connectivity index (χ3n) is 0.976. The molecule has 0 aromatic rings. The Morgan fingerprint density at radius 3 is 2.08 bits per heavy atom. The Kier molecular flexibility index (Phi) is 3.63. The minimum atomic E-state index is -4.78. The summed E-state index contributed by atoms with van der Waals surface area (Å²) < 4.78 is 62.9. The van der Waals surface area contributed by atoms with Gasteiger partial charge in [-0.2, -0.15) is 17.6 Å². The zero-order chi connectivity index (χ0) is 9.83. The quantitative estimate of drug-likeness (QED) is 0.477. The van der Waals surface area contributed by atoms with Crippen LogP contribution < -0.4 is 0 Å². The van der Waals surface area contributed by atoms with Gasteiger partial charge in [0.1, 0.15) is 0 Å². The molecule has 12 heavy (non-hydrogen) atoms. The first-order valence-corrected chi connectivity index (χ1v) is 2.94. The highest BCUT2D eigenvalue weighted by Gasteiger charge is 2.58. The van der Waals surface area contributed by atoms with Gasteiger partial charge in [-0.3, -0.25) is 0 Å². The molecule has 6 heteroatoms. The SMILES string of the molecule is C=CCOC(F)(F)C(F)(F)CF. The molecule has 0 fully saturated rings. The molecule has 0 N–H and O–H groups in total. The normalized spacial score (nSPS) is 13.1. The van der Waals surface area contributed by atoms with Crippen LogP contribution in [0.5, 0.6) is 0 Å². The number of ether oxygens (including phenoxy) is 1. The molecule has 0 bridgehead atoms. The third-order valence-corrected chi connectivity index (χ3v) is 0.976. The van der Waals surface area contributed by atoms with Crippen LogP contribution in [0.25, 0.3) is 0 Å². The average Bonchev–Trinajstić information content (AvgIpc) is 2.00. The predicted molar refractivity (Wildman–Crippen MR) is 32.0 cm³/mol. The van der Waals surface area contributed by atoms with Crippen molar-refractivity contribution in [3.05, 3.63) is 12.7 Å². The molecule has 0 saturated heterocycles. The molecule has 0 aliphatic rings. The Balaban J connectivity index is 4.26. The van der Waals surface area contributed by atoms with Crippen molar-refractivity contribution in [1.29, 1.82) is 0 Å². The van der Waals surface area contributed by atoms with Crippen LogP contribution in [0.1, 0.15) is 0 Å². The Bertz CT molecular complexity index is 156. The molecule has 1 nitrogen and oxygen atoms in total. The summed E-state index contributed by atoms with van der Waals surface area (Å²) in [4.78, 5) is 0. The standard InChI is InChI=1S/C6H7F5O/c1-2-3-12-6(10,11)5(8,9)4-7/h2H,1,3-4H2. The minimum Gasteiger partial charge on any atom is -0.311 e. The summed E-state index contributed by atoms with van der Waals surface area (Å²) in [5, 5.41) is 0. The van der Waals surface area contributed by atoms with E-state index in [-0.39, 0.29) is 0 Å². The zero-order valence-corrected chi connectivity index (χ0v) is 6.00. The van der Waals surface area contributed by atoms with Crippen LogP contribution in [0.3, 0.4) is 0 Å². The summed E-state index contributed by atoms with van der Waals surface area (Å²) in [6.07, 6.45) is -3.92. The summed E-state index contributed by atoms with van der Waals surface area (Å²) in [5.41, 5.74) is 0. The number of alkyl halides is 5. The van der Waals surface area contributed by atoms with Crippen molar-refractivity contribution in [1.82, 2.24) is 0 Å². The van der Waals surface area contributed by atoms with E-state index >= 15 is 0 Å². The van der Waals surface area contributed by atoms with Crippen molar-refractivity contribution < 1.29 is 26.7 Å². The Morgan fingerprint density at radius 1 is 1.25 bits per heavy atom. The molecule has 0 spiro atoms. The fourth-order valence-electron chi connectivity index (χ4n) is 0.347. The topological polar surface area (TPSA) is 9.23 Å². The molecule has 0 aliphatic carbocycles. The molecule has 0 rings (SSSR count). The fourth-order valence-corrected chi connectivity index (χ4v) is 0.347. The van der Waals surface area contributed by atoms with Crippen LogP contribution >= 0.6 is 0 Å². The second kappa shape index (κ2) is 3.84. The lowest BCUT2D eigenvalue weighted by atomic mass is 10.3. The van der Waals surface area contributed by atoms with Crippen LogP contribution in [-0.2, 0) is 4.74 Å². The van der Waals surface area contributed by atoms with E-state index in [1.54, 1.807) is 0 Å². The third kappa shape index (κ3) is 2.44. The van der Waals surface area contributed by atoms with Crippen molar-refractivity contribution in [2.24, 2.45) is 0 Å². The molecule has 0 amide bonds. The van der Waals surface area contributed by atoms with Crippen LogP contribution in [0.15, 0.2) is 12.7 Å². The number of hydrogen-bond donors (Lipinski definition) is 0. The van der Waals surface area contributed by atoms with Gasteiger partial charge in [0.25, 0.3) is 0 Å². The largest absolute Gasteiger partial charge is 0.422 e. The van der Waals surface area contributed by atoms with Gasteiger partial charge in [0, 0.05) is 0 Å². The highest BCUT2D eigenvalue weighted by atomic mass is 19.3. The van der Waals surface area contributed by atoms with E-state index in [2.05, 4.69) is 11.3 Å². The first-order valence-electron chi connectivity index (χ1n) is 2.94. The van der Waals surface area contributed by atoms with Crippen LogP contribution in [0.2, 0.25) is 0 Å². The fraction of sp³-hybridized carbons (Fsp3) is 0.667. The van der Waals surface area contributed by atoms with E-state index in [1.807, 2.05) is 0 Å². The van der Waals surface area contributed by atoms with Crippen molar-refractivity contribution >= 4 is 0 Å². The maximum Gasteiger partial charge on any atom is 0.422 e. The smallest absolute Gasteiger partial charge is 0.311 e. The lowest BCUT2D eigenvalue weighted by Gasteiger charge is -2.22. The van der Waals surface area contributed by atoms with Gasteiger partial charge < -0.3 is 4.74 Å². The molecular weight excluding hydrogens is 183 g/mol. The van der Waals surface area contributed by atoms with Crippen LogP contribution in [0.4, 0.5) is 22.0 Å². The second-order valence-electron chi connectivity index (χ2n) is 1.95. The Morgan fingerprint density at radius 2 is 1.75 bits per heavy atom. The molecule has 0 aromatic carbocycles. The van der Waals surface area contributed by atoms with Gasteiger partial charge in [-0.25, -0.2) is 4.39 Å². The van der Waals surface area contributed by atoms with Crippen LogP contribution in [-0.4, -0.2) is 25.3 Å². The molecule has 0 aromatic heterocycles. The summed E-state index contributed by atoms with van der Waals surface area (Å²) in [6.45, 7) is -0.248. The summed E-state index contributed by atoms with van der Waals surface area (Å²) in [5.74, 6) is -4.78. The average molecular weight is 190 g/mol. The number of halogens is 5. The Hall–Kier alpha value is -0.650. The summed E-state index contributed by atoms with van der Waals surface area (Å²) in [6, 6.07) is 0. The van der Waals surface area contributed by atoms with Gasteiger partial charge >= 0.3 is 12.0 Å². The molecule has 0 atom stereocenters. The monoisotopic (exact) mass is 190 g/mol. The van der Waals surface area contributed by atoms with Crippen LogP contribution in [0, 0.1) is 0 Å². The van der Waals surface area contributed by atoms with Crippen molar-refractivity contribution in [3.63, 3.8) is 0 Å². The molecule has 0 aliphatic heterocycles. The summed E-state index contributed by atoms with van der Waals surface area (Å²) >= 11 is 0. The predicted octanol–water partition coefficient (Wildman–Crippen LogP) is 2.39. The van der Waals surface area contributed by atoms with Crippen molar-refractivity contribution in [3.8, 4) is 0 Å². The van der Waals surface area contributed by atoms with E-state index in [9.17, 15) is 22.0 Å². The van der Waals surface area contributed by atoms with E-state index < -0.39 is 25.3 Å². The molecule has 72 valence electrons. The van der Waals surface area contributed by atoms with Gasteiger partial charge in [-0.05, 0) is 0 Å². The van der Waals surface area contributed by atoms with Gasteiger partial charge in [0.15, 0.2) is 6.67 Å². The second-order valence-corrected chi connectivity index (χ2v) is 1.95. The van der Waals surface area contributed by atoms with Gasteiger partial charge in [-0.1, -0.05) is 6.08 Å². The Labute approximate surface area is 65.8 Å². The molecule has 0 unspecified atom stereocenters. The highest BCUT2D eigenvalue weighted by Crippen LogP contribution is 2.35. The zero-order valence-electron chi connectivity index (χ0n) is 6.00. The molecule has 0 saturated carbocycles. The summed E-state index contributed by atoms with van der Waals surface area (Å²) in [7, 11) is 0. The maximum atomic E-state index is 12.1. The molecule has 0 radical (unpaired) electrons. The minimum absolute atomic E-state index is 0.761. The lowest BCUT2D eigenvalue weighted by Crippen LogP contribution is -2.44. The molecule has 0 heterocycles. The molecular formula is C6H7F5O.